The molecule has 0 atom stereocenters. The highest BCUT2D eigenvalue weighted by atomic mass is 16.5. The van der Waals surface area contributed by atoms with Crippen LogP contribution >= 0.6 is 0 Å². The number of nitriles is 2. The third-order valence-electron chi connectivity index (χ3n) is 8.68. The van der Waals surface area contributed by atoms with Crippen molar-refractivity contribution in [2.75, 3.05) is 0 Å². The van der Waals surface area contributed by atoms with Gasteiger partial charge in [0.15, 0.2) is 0 Å². The minimum absolute atomic E-state index is 0.547. The molecule has 2 aliphatic rings. The Kier molecular flexibility index (Phi) is 6.20. The lowest BCUT2D eigenvalue weighted by Crippen LogP contribution is -2.37. The highest BCUT2D eigenvalue weighted by Crippen LogP contribution is 2.42. The van der Waals surface area contributed by atoms with Crippen LogP contribution in [0.4, 0.5) is 0 Å². The standard InChI is InChI=1S/C40H30N2O2/c1-21-13-23(3)35(24(4)14-21)37-29-9-7-27(19-41)17-33(29)43-31-11-12-32-40(39(31)37)38(36-25(5)15-22(2)16-26(36)6)30-10-8-28(20-42)18-34(30)44-32/h7-18H,1-6H3. The van der Waals surface area contributed by atoms with Crippen molar-refractivity contribution in [1.29, 1.82) is 10.5 Å². The smallest absolute Gasteiger partial charge is 0.136 e. The second-order valence-electron chi connectivity index (χ2n) is 12.0. The lowest BCUT2D eigenvalue weighted by Gasteiger charge is -2.28. The Morgan fingerprint density at radius 2 is 0.818 bits per heavy atom. The average Bonchev–Trinajstić information content (AvgIpc) is 2.98. The zero-order chi connectivity index (χ0) is 30.9. The van der Waals surface area contributed by atoms with Crippen LogP contribution in [0, 0.1) is 64.2 Å². The molecule has 4 nitrogen and oxygen atoms in total. The van der Waals surface area contributed by atoms with Gasteiger partial charge in [0, 0.05) is 32.7 Å². The zero-order valence-corrected chi connectivity index (χ0v) is 25.6. The molecule has 0 aliphatic carbocycles. The summed E-state index contributed by atoms with van der Waals surface area (Å²) in [6.45, 7) is 12.9. The van der Waals surface area contributed by atoms with Crippen molar-refractivity contribution in [1.82, 2.24) is 0 Å². The van der Waals surface area contributed by atoms with Gasteiger partial charge in [-0.05, 0) is 123 Å². The summed E-state index contributed by atoms with van der Waals surface area (Å²) in [4.78, 5) is 0. The van der Waals surface area contributed by atoms with Crippen molar-refractivity contribution in [3.8, 4) is 35.1 Å². The molecular weight excluding hydrogens is 540 g/mol. The maximum absolute atomic E-state index is 9.70. The summed E-state index contributed by atoms with van der Waals surface area (Å²) in [5.41, 5.74) is 14.4. The Balaban J connectivity index is 1.79. The van der Waals surface area contributed by atoms with E-state index in [0.29, 0.717) is 34.1 Å². The molecule has 2 aliphatic heterocycles. The van der Waals surface area contributed by atoms with Crippen LogP contribution in [0.25, 0.3) is 11.1 Å². The summed E-state index contributed by atoms with van der Waals surface area (Å²) < 4.78 is 13.3. The Labute approximate surface area is 257 Å². The van der Waals surface area contributed by atoms with Crippen LogP contribution in [-0.4, -0.2) is 0 Å². The molecule has 0 fully saturated rings. The lowest BCUT2D eigenvalue weighted by atomic mass is 9.82. The zero-order valence-electron chi connectivity index (χ0n) is 25.6. The van der Waals surface area contributed by atoms with E-state index in [0.717, 1.165) is 43.8 Å². The molecule has 44 heavy (non-hydrogen) atoms. The van der Waals surface area contributed by atoms with E-state index in [2.05, 4.69) is 77.9 Å². The lowest BCUT2D eigenvalue weighted by molar-refractivity contribution is 0.454. The fourth-order valence-electron chi connectivity index (χ4n) is 7.17. The first kappa shape index (κ1) is 27.3. The maximum Gasteiger partial charge on any atom is 0.136 e. The number of aryl methyl sites for hydroxylation is 6. The summed E-state index contributed by atoms with van der Waals surface area (Å²) in [5.74, 6) is 2.74. The van der Waals surface area contributed by atoms with Crippen molar-refractivity contribution in [2.45, 2.75) is 41.5 Å². The van der Waals surface area contributed by atoms with Crippen LogP contribution < -0.4 is 19.9 Å². The van der Waals surface area contributed by atoms with Gasteiger partial charge in [0.05, 0.1) is 23.3 Å². The summed E-state index contributed by atoms with van der Waals surface area (Å²) in [6, 6.07) is 28.7. The van der Waals surface area contributed by atoms with Crippen LogP contribution in [0.3, 0.4) is 0 Å². The molecule has 212 valence electrons. The van der Waals surface area contributed by atoms with Crippen molar-refractivity contribution in [2.24, 2.45) is 0 Å². The minimum atomic E-state index is 0.547. The Morgan fingerprint density at radius 1 is 0.455 bits per heavy atom. The molecule has 0 saturated carbocycles. The van der Waals surface area contributed by atoms with Crippen LogP contribution in [0.15, 0.2) is 72.8 Å². The van der Waals surface area contributed by atoms with Crippen molar-refractivity contribution < 1.29 is 9.47 Å². The van der Waals surface area contributed by atoms with Gasteiger partial charge >= 0.3 is 0 Å². The topological polar surface area (TPSA) is 66.0 Å². The molecule has 2 heterocycles. The Morgan fingerprint density at radius 3 is 1.16 bits per heavy atom. The Bertz CT molecular complexity index is 2100. The van der Waals surface area contributed by atoms with Gasteiger partial charge in [0.1, 0.15) is 23.0 Å². The van der Waals surface area contributed by atoms with E-state index < -0.39 is 0 Å². The van der Waals surface area contributed by atoms with Crippen LogP contribution in [-0.2, 0) is 0 Å². The number of benzene rings is 5. The summed E-state index contributed by atoms with van der Waals surface area (Å²) >= 11 is 0. The summed E-state index contributed by atoms with van der Waals surface area (Å²) in [5, 5.41) is 21.3. The number of ether oxygens (including phenoxy) is 2. The normalized spacial score (nSPS) is 12.5. The van der Waals surface area contributed by atoms with Gasteiger partial charge in [-0.2, -0.15) is 10.5 Å². The first-order valence-corrected chi connectivity index (χ1v) is 14.7. The third-order valence-corrected chi connectivity index (χ3v) is 8.68. The third kappa shape index (κ3) is 4.11. The number of nitrogens with zero attached hydrogens (tertiary/aromatic N) is 2. The molecule has 0 aromatic heterocycles. The molecule has 0 bridgehead atoms. The Hall–Kier alpha value is -5.58. The molecule has 0 unspecified atom stereocenters. The fourth-order valence-corrected chi connectivity index (χ4v) is 7.17. The highest BCUT2D eigenvalue weighted by molar-refractivity contribution is 5.93. The number of fused-ring (bicyclic) bond motifs is 5. The molecule has 0 amide bonds. The average molecular weight is 571 g/mol. The predicted molar refractivity (Wildman–Crippen MR) is 173 cm³/mol. The molecule has 0 N–H and O–H groups in total. The van der Waals surface area contributed by atoms with Gasteiger partial charge in [-0.15, -0.1) is 0 Å². The highest BCUT2D eigenvalue weighted by Gasteiger charge is 2.30. The van der Waals surface area contributed by atoms with Crippen LogP contribution in [0.2, 0.25) is 0 Å². The van der Waals surface area contributed by atoms with Gasteiger partial charge in [-0.1, -0.05) is 35.4 Å². The number of hydrogen-bond acceptors (Lipinski definition) is 4. The predicted octanol–water partition coefficient (Wildman–Crippen LogP) is 7.99. The van der Waals surface area contributed by atoms with Gasteiger partial charge in [-0.25, -0.2) is 0 Å². The largest absolute Gasteiger partial charge is 0.456 e. The van der Waals surface area contributed by atoms with Gasteiger partial charge < -0.3 is 9.47 Å². The first-order valence-electron chi connectivity index (χ1n) is 14.7. The van der Waals surface area contributed by atoms with Crippen LogP contribution in [0.5, 0.6) is 23.0 Å². The molecule has 5 aromatic carbocycles. The summed E-state index contributed by atoms with van der Waals surface area (Å²) in [7, 11) is 0. The van der Waals surface area contributed by atoms with Crippen molar-refractivity contribution in [3.05, 3.63) is 150 Å². The first-order chi connectivity index (χ1) is 21.2. The molecule has 0 radical (unpaired) electrons. The maximum atomic E-state index is 9.70. The molecule has 7 rings (SSSR count). The van der Waals surface area contributed by atoms with Crippen LogP contribution in [0.1, 0.15) is 66.8 Å². The fraction of sp³-hybridized carbons (Fsp3) is 0.150. The molecule has 0 spiro atoms. The minimum Gasteiger partial charge on any atom is -0.456 e. The van der Waals surface area contributed by atoms with Crippen molar-refractivity contribution >= 4 is 11.1 Å². The van der Waals surface area contributed by atoms with E-state index in [1.54, 1.807) is 0 Å². The quantitative estimate of drug-likeness (QED) is 0.211. The van der Waals surface area contributed by atoms with Gasteiger partial charge in [-0.3, -0.25) is 0 Å². The van der Waals surface area contributed by atoms with Gasteiger partial charge in [0.25, 0.3) is 0 Å². The molecular formula is C40H30N2O2. The number of rotatable bonds is 2. The van der Waals surface area contributed by atoms with E-state index >= 15 is 0 Å². The van der Waals surface area contributed by atoms with E-state index in [1.807, 2.05) is 48.5 Å². The molecule has 4 heteroatoms. The van der Waals surface area contributed by atoms with E-state index in [-0.39, 0.29) is 0 Å². The number of hydrogen-bond donors (Lipinski definition) is 0. The monoisotopic (exact) mass is 570 g/mol. The SMILES string of the molecule is Cc1cc(C)c(C2=c3c(ccc4c3=C(c3c(C)cc(C)cc3C)c3ccc(C#N)cc3O4)Oc3cc(C#N)ccc32)c(C)c1. The summed E-state index contributed by atoms with van der Waals surface area (Å²) in [6.07, 6.45) is 0. The van der Waals surface area contributed by atoms with E-state index in [4.69, 9.17) is 9.47 Å². The van der Waals surface area contributed by atoms with Crippen molar-refractivity contribution in [3.63, 3.8) is 0 Å². The molecule has 5 aromatic rings. The second kappa shape index (κ2) is 10.0. The van der Waals surface area contributed by atoms with E-state index in [1.165, 1.54) is 33.4 Å². The second-order valence-corrected chi connectivity index (χ2v) is 12.0. The van der Waals surface area contributed by atoms with E-state index in [9.17, 15) is 10.5 Å². The van der Waals surface area contributed by atoms with Gasteiger partial charge in [0.2, 0.25) is 0 Å². The molecule has 0 saturated heterocycles.